The predicted molar refractivity (Wildman–Crippen MR) is 75.7 cm³/mol. The van der Waals surface area contributed by atoms with Gasteiger partial charge in [-0.3, -0.25) is 4.79 Å². The number of amides is 1. The lowest BCUT2D eigenvalue weighted by molar-refractivity contribution is -0.143. The molecule has 2 aliphatic rings. The molecule has 2 N–H and O–H groups in total. The van der Waals surface area contributed by atoms with Gasteiger partial charge in [0.2, 0.25) is 5.91 Å². The van der Waals surface area contributed by atoms with Gasteiger partial charge >= 0.3 is 0 Å². The summed E-state index contributed by atoms with van der Waals surface area (Å²) in [5, 5.41) is 0. The Balaban J connectivity index is 1.96. The highest BCUT2D eigenvalue weighted by Gasteiger charge is 2.47. The summed E-state index contributed by atoms with van der Waals surface area (Å²) < 4.78 is 5.39. The van der Waals surface area contributed by atoms with E-state index in [9.17, 15) is 4.79 Å². The molecule has 4 nitrogen and oxygen atoms in total. The maximum atomic E-state index is 12.7. The molecule has 1 amide bonds. The summed E-state index contributed by atoms with van der Waals surface area (Å²) in [6.45, 7) is 11.5. The van der Waals surface area contributed by atoms with Crippen molar-refractivity contribution in [3.05, 3.63) is 0 Å². The molecular formula is C15H28N2O2. The van der Waals surface area contributed by atoms with Gasteiger partial charge in [-0.05, 0) is 31.1 Å². The quantitative estimate of drug-likeness (QED) is 0.786. The van der Waals surface area contributed by atoms with Gasteiger partial charge < -0.3 is 15.4 Å². The molecule has 2 aliphatic heterocycles. The van der Waals surface area contributed by atoms with E-state index in [0.29, 0.717) is 24.5 Å². The normalized spacial score (nSPS) is 33.7. The number of piperidine rings is 1. The lowest BCUT2D eigenvalue weighted by Gasteiger charge is -2.41. The van der Waals surface area contributed by atoms with Crippen molar-refractivity contribution in [2.75, 3.05) is 26.3 Å². The van der Waals surface area contributed by atoms with Gasteiger partial charge in [0.05, 0.1) is 18.6 Å². The zero-order valence-corrected chi connectivity index (χ0v) is 12.7. The molecule has 0 aromatic carbocycles. The van der Waals surface area contributed by atoms with Crippen LogP contribution in [0.1, 0.15) is 40.5 Å². The van der Waals surface area contributed by atoms with E-state index in [-0.39, 0.29) is 11.9 Å². The molecule has 0 saturated carbocycles. The largest absolute Gasteiger partial charge is 0.379 e. The lowest BCUT2D eigenvalue weighted by Crippen LogP contribution is -2.53. The van der Waals surface area contributed by atoms with Crippen molar-refractivity contribution < 1.29 is 9.53 Å². The number of carbonyl (C=O) groups excluding carboxylic acids is 1. The van der Waals surface area contributed by atoms with E-state index >= 15 is 0 Å². The summed E-state index contributed by atoms with van der Waals surface area (Å²) >= 11 is 0. The smallest absolute Gasteiger partial charge is 0.232 e. The van der Waals surface area contributed by atoms with E-state index in [1.807, 2.05) is 11.8 Å². The molecule has 19 heavy (non-hydrogen) atoms. The van der Waals surface area contributed by atoms with Gasteiger partial charge in [0.15, 0.2) is 0 Å². The highest BCUT2D eigenvalue weighted by Crippen LogP contribution is 2.36. The topological polar surface area (TPSA) is 55.6 Å². The third kappa shape index (κ3) is 2.79. The third-order valence-electron chi connectivity index (χ3n) is 5.01. The van der Waals surface area contributed by atoms with Crippen molar-refractivity contribution in [3.8, 4) is 0 Å². The number of likely N-dealkylation sites (tertiary alicyclic amines) is 1. The van der Waals surface area contributed by atoms with E-state index in [4.69, 9.17) is 10.5 Å². The van der Waals surface area contributed by atoms with E-state index in [0.717, 1.165) is 25.9 Å². The van der Waals surface area contributed by atoms with Crippen molar-refractivity contribution in [2.24, 2.45) is 22.5 Å². The number of hydrogen-bond acceptors (Lipinski definition) is 3. The molecule has 0 spiro atoms. The van der Waals surface area contributed by atoms with Crippen LogP contribution in [-0.4, -0.2) is 43.2 Å². The number of rotatable bonds is 1. The minimum absolute atomic E-state index is 0.166. The number of ether oxygens (including phenoxy) is 1. The second-order valence-corrected chi connectivity index (χ2v) is 7.47. The van der Waals surface area contributed by atoms with Crippen LogP contribution in [0.15, 0.2) is 0 Å². The van der Waals surface area contributed by atoms with Gasteiger partial charge in [-0.25, -0.2) is 0 Å². The Kier molecular flexibility index (Phi) is 3.94. The fourth-order valence-corrected chi connectivity index (χ4v) is 3.22. The van der Waals surface area contributed by atoms with Crippen molar-refractivity contribution in [2.45, 2.75) is 46.6 Å². The lowest BCUT2D eigenvalue weighted by atomic mass is 9.74. The van der Waals surface area contributed by atoms with Crippen molar-refractivity contribution in [1.82, 2.24) is 4.90 Å². The van der Waals surface area contributed by atoms with Gasteiger partial charge in [0.25, 0.3) is 0 Å². The minimum Gasteiger partial charge on any atom is -0.379 e. The number of nitrogens with zero attached hydrogens (tertiary/aromatic N) is 1. The maximum Gasteiger partial charge on any atom is 0.232 e. The van der Waals surface area contributed by atoms with Crippen LogP contribution in [0, 0.1) is 16.7 Å². The standard InChI is InChI=1S/C15H28N2O2/c1-14(2,3)11-5-7-17(8-6-11)13(18)15(4)10-19-9-12(15)16/h11-12H,5-10,16H2,1-4H3. The van der Waals surface area contributed by atoms with Gasteiger partial charge in [0, 0.05) is 19.1 Å². The molecule has 110 valence electrons. The number of carbonyl (C=O) groups is 1. The summed E-state index contributed by atoms with van der Waals surface area (Å²) in [7, 11) is 0. The van der Waals surface area contributed by atoms with Gasteiger partial charge in [-0.15, -0.1) is 0 Å². The monoisotopic (exact) mass is 268 g/mol. The zero-order valence-electron chi connectivity index (χ0n) is 12.7. The number of nitrogens with two attached hydrogens (primary N) is 1. The average Bonchev–Trinajstić information content (AvgIpc) is 2.69. The highest BCUT2D eigenvalue weighted by molar-refractivity contribution is 5.83. The maximum absolute atomic E-state index is 12.7. The molecule has 0 aromatic heterocycles. The first kappa shape index (κ1) is 14.8. The van der Waals surface area contributed by atoms with Crippen LogP contribution in [0.3, 0.4) is 0 Å². The number of hydrogen-bond donors (Lipinski definition) is 1. The van der Waals surface area contributed by atoms with Crippen molar-refractivity contribution in [3.63, 3.8) is 0 Å². The Morgan fingerprint density at radius 1 is 1.32 bits per heavy atom. The second kappa shape index (κ2) is 5.06. The first-order valence-corrected chi connectivity index (χ1v) is 7.38. The molecule has 2 rings (SSSR count). The van der Waals surface area contributed by atoms with E-state index in [1.54, 1.807) is 0 Å². The first-order valence-electron chi connectivity index (χ1n) is 7.38. The van der Waals surface area contributed by atoms with E-state index in [1.165, 1.54) is 0 Å². The Bertz CT molecular complexity index is 343. The van der Waals surface area contributed by atoms with Crippen LogP contribution in [0.2, 0.25) is 0 Å². The van der Waals surface area contributed by atoms with Crippen LogP contribution >= 0.6 is 0 Å². The molecule has 2 unspecified atom stereocenters. The van der Waals surface area contributed by atoms with Crippen LogP contribution in [0.4, 0.5) is 0 Å². The molecule has 0 aromatic rings. The fraction of sp³-hybridized carbons (Fsp3) is 0.933. The second-order valence-electron chi connectivity index (χ2n) is 7.47. The zero-order chi connectivity index (χ0) is 14.3. The molecule has 2 saturated heterocycles. The average molecular weight is 268 g/mol. The fourth-order valence-electron chi connectivity index (χ4n) is 3.22. The van der Waals surface area contributed by atoms with Gasteiger partial charge in [0.1, 0.15) is 0 Å². The van der Waals surface area contributed by atoms with Crippen LogP contribution in [-0.2, 0) is 9.53 Å². The summed E-state index contributed by atoms with van der Waals surface area (Å²) in [6.07, 6.45) is 2.20. The SMILES string of the molecule is CC(C)(C)C1CCN(C(=O)C2(C)COCC2N)CC1. The summed E-state index contributed by atoms with van der Waals surface area (Å²) in [4.78, 5) is 14.7. The Morgan fingerprint density at radius 2 is 1.89 bits per heavy atom. The van der Waals surface area contributed by atoms with Crippen LogP contribution in [0.5, 0.6) is 0 Å². The molecule has 0 aliphatic carbocycles. The first-order chi connectivity index (χ1) is 8.75. The van der Waals surface area contributed by atoms with E-state index < -0.39 is 5.41 Å². The van der Waals surface area contributed by atoms with Gasteiger partial charge in [-0.1, -0.05) is 20.8 Å². The summed E-state index contributed by atoms with van der Waals surface area (Å²) in [5.74, 6) is 0.891. The molecule has 2 fully saturated rings. The molecule has 2 atom stereocenters. The van der Waals surface area contributed by atoms with Crippen LogP contribution < -0.4 is 5.73 Å². The molecule has 4 heteroatoms. The molecule has 0 bridgehead atoms. The van der Waals surface area contributed by atoms with Gasteiger partial charge in [-0.2, -0.15) is 0 Å². The Morgan fingerprint density at radius 3 is 2.32 bits per heavy atom. The van der Waals surface area contributed by atoms with E-state index in [2.05, 4.69) is 20.8 Å². The Hall–Kier alpha value is -0.610. The van der Waals surface area contributed by atoms with Crippen LogP contribution in [0.25, 0.3) is 0 Å². The highest BCUT2D eigenvalue weighted by atomic mass is 16.5. The minimum atomic E-state index is -0.519. The molecular weight excluding hydrogens is 240 g/mol. The van der Waals surface area contributed by atoms with Crippen molar-refractivity contribution in [1.29, 1.82) is 0 Å². The van der Waals surface area contributed by atoms with Crippen molar-refractivity contribution >= 4 is 5.91 Å². The Labute approximate surface area is 116 Å². The molecule has 2 heterocycles. The summed E-state index contributed by atoms with van der Waals surface area (Å²) in [5.41, 5.74) is 5.86. The third-order valence-corrected chi connectivity index (χ3v) is 5.01. The summed E-state index contributed by atoms with van der Waals surface area (Å²) in [6, 6.07) is -0.166. The molecule has 0 radical (unpaired) electrons. The predicted octanol–water partition coefficient (Wildman–Crippen LogP) is 1.63.